The van der Waals surface area contributed by atoms with E-state index in [9.17, 15) is 33.2 Å². The van der Waals surface area contributed by atoms with Gasteiger partial charge in [0, 0.05) is 82.0 Å². The number of aryl methyl sites for hydroxylation is 9. The molecule has 0 aliphatic heterocycles. The number of nitrogens with zero attached hydrogens (tertiary/aromatic N) is 14. The minimum Gasteiger partial charge on any atom is -0.497 e. The Hall–Kier alpha value is -12.9. The maximum absolute atomic E-state index is 13.8. The second kappa shape index (κ2) is 37.6. The van der Waals surface area contributed by atoms with Gasteiger partial charge in [0.15, 0.2) is 0 Å². The molecule has 15 aromatic rings. The van der Waals surface area contributed by atoms with Crippen LogP contribution in [0.5, 0.6) is 5.75 Å². The SMILES string of the molecule is COc1ccc(CNC(=O)c2sc3nnccc3c2N)cc1.Cc1ccc(F)c(CNC(=O)c2sc3nnc(C)c(C)c3c2N)c1.Cc1nnc2sc(C(=O)NC3CC3)c(N)c2c1C.Cc1nnc2sc(C(=O)NCC3CC3)c(N)c2c1C.Cc1nnc2sc(C(=O)NCc3ncccn3)c(N)c2c1C.Nc1c(C(=O)NC2CC2)sc2nnccc12. The van der Waals surface area contributed by atoms with Crippen molar-refractivity contribution in [2.75, 3.05) is 48.1 Å². The Morgan fingerprint density at radius 3 is 1.16 bits per heavy atom. The zero-order valence-corrected chi connectivity index (χ0v) is 72.2. The van der Waals surface area contributed by atoms with Crippen LogP contribution in [0.4, 0.5) is 38.5 Å². The molecule has 0 saturated heterocycles. The molecule has 121 heavy (non-hydrogen) atoms. The first-order chi connectivity index (χ1) is 58.0. The lowest BCUT2D eigenvalue weighted by molar-refractivity contribution is 0.0946. The zero-order valence-electron chi connectivity index (χ0n) is 67.3. The number of anilines is 6. The van der Waals surface area contributed by atoms with E-state index in [2.05, 4.69) is 103 Å². The van der Waals surface area contributed by atoms with E-state index in [1.165, 1.54) is 86.9 Å². The van der Waals surface area contributed by atoms with E-state index >= 15 is 0 Å². The van der Waals surface area contributed by atoms with E-state index in [-0.39, 0.29) is 54.3 Å². The van der Waals surface area contributed by atoms with Crippen LogP contribution in [0, 0.1) is 74.0 Å². The summed E-state index contributed by atoms with van der Waals surface area (Å²) in [6.45, 7) is 18.6. The number of carbonyl (C=O) groups is 6. The summed E-state index contributed by atoms with van der Waals surface area (Å²) in [6.07, 6.45) is 13.1. The summed E-state index contributed by atoms with van der Waals surface area (Å²) in [5.74, 6) is 0.549. The molecule has 0 spiro atoms. The molecule has 3 fully saturated rings. The summed E-state index contributed by atoms with van der Waals surface area (Å²) in [5, 5.41) is 70.2. The van der Waals surface area contributed by atoms with Crippen molar-refractivity contribution in [3.8, 4) is 5.75 Å². The number of methoxy groups -OCH3 is 1. The quantitative estimate of drug-likeness (QED) is 0.0403. The summed E-state index contributed by atoms with van der Waals surface area (Å²) in [5.41, 5.74) is 48.8. The molecular formula is C81H85FN26O7S6. The molecule has 3 aliphatic carbocycles. The summed E-state index contributed by atoms with van der Waals surface area (Å²) in [7, 11) is 1.61. The van der Waals surface area contributed by atoms with Crippen LogP contribution in [-0.2, 0) is 19.6 Å². The number of ether oxygens (including phenoxy) is 1. The maximum atomic E-state index is 13.8. The number of aromatic nitrogens is 14. The van der Waals surface area contributed by atoms with Gasteiger partial charge in [-0.05, 0) is 171 Å². The van der Waals surface area contributed by atoms with Gasteiger partial charge in [-0.3, -0.25) is 28.8 Å². The van der Waals surface area contributed by atoms with Gasteiger partial charge in [-0.25, -0.2) is 14.4 Å². The Labute approximate surface area is 715 Å². The third-order valence-electron chi connectivity index (χ3n) is 20.0. The minimum absolute atomic E-state index is 0.0879. The van der Waals surface area contributed by atoms with Crippen LogP contribution in [0.2, 0.25) is 0 Å². The number of benzene rings is 2. The average Bonchev–Trinajstić information content (AvgIpc) is 1.65. The Morgan fingerprint density at radius 2 is 0.769 bits per heavy atom. The number of amides is 6. The largest absolute Gasteiger partial charge is 0.497 e. The van der Waals surface area contributed by atoms with Crippen LogP contribution < -0.4 is 71.0 Å². The number of hydrogen-bond donors (Lipinski definition) is 12. The topological polar surface area (TPSA) is 520 Å². The lowest BCUT2D eigenvalue weighted by atomic mass is 10.1. The normalized spacial score (nSPS) is 12.7. The van der Waals surface area contributed by atoms with Crippen LogP contribution in [0.1, 0.15) is 164 Å². The summed E-state index contributed by atoms with van der Waals surface area (Å²) < 4.78 is 18.9. The summed E-state index contributed by atoms with van der Waals surface area (Å²) in [4.78, 5) is 88.3. The average molecular weight is 1750 g/mol. The van der Waals surface area contributed by atoms with E-state index < -0.39 is 0 Å². The van der Waals surface area contributed by atoms with E-state index in [1.54, 1.807) is 62.2 Å². The molecule has 0 atom stereocenters. The molecule has 624 valence electrons. The fourth-order valence-corrected chi connectivity index (χ4v) is 18.0. The molecule has 3 aliphatic rings. The number of rotatable bonds is 17. The minimum atomic E-state index is -0.345. The Bertz CT molecular complexity index is 6460. The standard InChI is InChI=1S/C17H17FN4OS.C15H14N4O2S.C14H14N6OS.C13H16N4OS.C12H14N4OS.C10H10N4OS/c1-8-4-5-12(18)11(6-8)7-20-16(23)15-14(19)13-9(2)10(3)21-22-17(13)24-15;1-21-10-4-2-9(3-5-10)8-17-14(20)13-12(16)11-6-7-18-19-15(11)22-13;1-7-8(2)19-20-14-10(7)11(15)12(22-14)13(21)18-6-9-16-4-3-5-17-9;1-6-7(2)16-17-13-9(6)10(14)11(19-13)12(18)15-5-8-3-4-8;1-5-6(2)15-16-12-8(5)9(13)10(18-12)11(17)14-7-3-4-7;11-7-6-3-4-12-14-10(6)16-8(7)9(15)13-5-1-2-5/h4-6H,7,19H2,1-3H3,(H,20,23);2-7H,8,16H2,1H3,(H,17,20);3-5H,6,15H2,1-2H3,(H,18,21);8H,3-5,14H2,1-2H3,(H,15,18);7H,3-4,13H2,1-2H3,(H,14,17);3-5H,1-2,11H2,(H,13,15). The molecule has 2 aromatic carbocycles. The number of hydrogen-bond acceptors (Lipinski definition) is 33. The number of nitrogen functional groups attached to an aromatic ring is 6. The van der Waals surface area contributed by atoms with Gasteiger partial charge in [-0.15, -0.1) is 98.6 Å². The lowest BCUT2D eigenvalue weighted by Gasteiger charge is -2.07. The van der Waals surface area contributed by atoms with Crippen LogP contribution in [0.15, 0.2) is 85.5 Å². The van der Waals surface area contributed by atoms with Crippen molar-refractivity contribution in [1.82, 2.24) is 103 Å². The fraction of sp³-hybridized carbons (Fsp3) is 0.284. The predicted octanol–water partition coefficient (Wildman–Crippen LogP) is 12.1. The van der Waals surface area contributed by atoms with Crippen LogP contribution >= 0.6 is 68.0 Å². The van der Waals surface area contributed by atoms with Crippen molar-refractivity contribution in [3.63, 3.8) is 0 Å². The molecular weight excluding hydrogens is 1660 g/mol. The van der Waals surface area contributed by atoms with Crippen molar-refractivity contribution in [2.24, 2.45) is 5.92 Å². The number of nitrogens with one attached hydrogen (secondary N) is 6. The molecule has 0 bridgehead atoms. The van der Waals surface area contributed by atoms with Gasteiger partial charge in [-0.1, -0.05) is 29.8 Å². The van der Waals surface area contributed by atoms with E-state index in [1.807, 2.05) is 86.6 Å². The third-order valence-corrected chi connectivity index (χ3v) is 26.5. The summed E-state index contributed by atoms with van der Waals surface area (Å²) >= 11 is 7.60. The first-order valence-electron chi connectivity index (χ1n) is 38.0. The second-order valence-corrected chi connectivity index (χ2v) is 34.7. The Balaban J connectivity index is 0.000000126. The van der Waals surface area contributed by atoms with Crippen molar-refractivity contribution < 1.29 is 37.9 Å². The number of nitrogens with two attached hydrogens (primary N) is 6. The van der Waals surface area contributed by atoms with Gasteiger partial charge in [0.1, 0.15) is 75.6 Å². The van der Waals surface area contributed by atoms with E-state index in [0.29, 0.717) is 119 Å². The van der Waals surface area contributed by atoms with Crippen molar-refractivity contribution in [2.45, 2.75) is 133 Å². The first-order valence-corrected chi connectivity index (χ1v) is 42.9. The van der Waals surface area contributed by atoms with Crippen molar-refractivity contribution >= 4 is 199 Å². The van der Waals surface area contributed by atoms with Crippen molar-refractivity contribution in [3.05, 3.63) is 188 Å². The highest BCUT2D eigenvalue weighted by Gasteiger charge is 2.31. The van der Waals surface area contributed by atoms with Crippen LogP contribution in [-0.4, -0.2) is 132 Å². The molecule has 40 heteroatoms. The van der Waals surface area contributed by atoms with Crippen LogP contribution in [0.25, 0.3) is 61.3 Å². The molecule has 13 heterocycles. The van der Waals surface area contributed by atoms with Gasteiger partial charge < -0.3 is 71.0 Å². The lowest BCUT2D eigenvalue weighted by Crippen LogP contribution is -2.25. The number of thiophene rings is 6. The molecule has 0 radical (unpaired) electrons. The third kappa shape index (κ3) is 20.0. The fourth-order valence-electron chi connectivity index (χ4n) is 12.1. The van der Waals surface area contributed by atoms with Gasteiger partial charge in [-0.2, -0.15) is 30.6 Å². The highest BCUT2D eigenvalue weighted by Crippen LogP contribution is 2.41. The molecule has 33 nitrogen and oxygen atoms in total. The molecule has 18 N–H and O–H groups in total. The molecule has 3 saturated carbocycles. The number of carbonyl (C=O) groups excluding carboxylic acids is 6. The second-order valence-electron chi connectivity index (χ2n) is 28.7. The van der Waals surface area contributed by atoms with E-state index in [0.717, 1.165) is 136 Å². The first kappa shape index (κ1) is 86.0. The number of fused-ring (bicyclic) bond motifs is 6. The molecule has 0 unspecified atom stereocenters. The van der Waals surface area contributed by atoms with Crippen molar-refractivity contribution in [1.29, 1.82) is 0 Å². The Kier molecular flexibility index (Phi) is 26.7. The summed E-state index contributed by atoms with van der Waals surface area (Å²) in [6, 6.07) is 18.2. The highest BCUT2D eigenvalue weighted by atomic mass is 32.1. The van der Waals surface area contributed by atoms with Crippen LogP contribution in [0.3, 0.4) is 0 Å². The zero-order chi connectivity index (χ0) is 86.2. The highest BCUT2D eigenvalue weighted by molar-refractivity contribution is 7.23. The molecule has 13 aromatic heterocycles. The smallest absolute Gasteiger partial charge is 0.263 e. The van der Waals surface area contributed by atoms with E-state index in [4.69, 9.17) is 39.1 Å². The van der Waals surface area contributed by atoms with Gasteiger partial charge in [0.05, 0.1) is 82.9 Å². The predicted molar refractivity (Wildman–Crippen MR) is 475 cm³/mol. The molecule has 18 rings (SSSR count). The number of halogens is 1. The van der Waals surface area contributed by atoms with Gasteiger partial charge >= 0.3 is 0 Å². The monoisotopic (exact) mass is 1740 g/mol. The van der Waals surface area contributed by atoms with Gasteiger partial charge in [0.2, 0.25) is 0 Å². The Morgan fingerprint density at radius 1 is 0.405 bits per heavy atom. The van der Waals surface area contributed by atoms with Gasteiger partial charge in [0.25, 0.3) is 35.4 Å². The maximum Gasteiger partial charge on any atom is 0.263 e. The molecule has 6 amide bonds.